The molecule has 3 aliphatic heterocycles. The van der Waals surface area contributed by atoms with Crippen molar-refractivity contribution >= 4 is 17.5 Å². The van der Waals surface area contributed by atoms with Crippen LogP contribution in [-0.2, 0) is 9.59 Å². The maximum Gasteiger partial charge on any atom is 0.228 e. The minimum atomic E-state index is -0.396. The molecule has 3 heterocycles. The summed E-state index contributed by atoms with van der Waals surface area (Å²) in [7, 11) is 0. The lowest BCUT2D eigenvalue weighted by Gasteiger charge is -2.32. The van der Waals surface area contributed by atoms with Crippen LogP contribution in [0.3, 0.4) is 0 Å². The van der Waals surface area contributed by atoms with Crippen molar-refractivity contribution in [1.29, 1.82) is 0 Å². The number of carbonyl (C=O) groups is 2. The maximum atomic E-state index is 13.3. The predicted octanol–water partition coefficient (Wildman–Crippen LogP) is 2.50. The highest BCUT2D eigenvalue weighted by Crippen LogP contribution is 2.36. The monoisotopic (exact) mass is 438 g/mol. The van der Waals surface area contributed by atoms with E-state index in [1.165, 1.54) is 0 Å². The Bertz CT molecular complexity index is 1030. The van der Waals surface area contributed by atoms with Crippen molar-refractivity contribution in [3.63, 3.8) is 0 Å². The van der Waals surface area contributed by atoms with Gasteiger partial charge in [-0.3, -0.25) is 9.59 Å². The van der Waals surface area contributed by atoms with Crippen LogP contribution in [0, 0.1) is 5.92 Å². The third-order valence-electron chi connectivity index (χ3n) is 6.00. The van der Waals surface area contributed by atoms with Crippen LogP contribution in [0.5, 0.6) is 23.0 Å². The second kappa shape index (κ2) is 8.61. The van der Waals surface area contributed by atoms with Crippen molar-refractivity contribution in [2.45, 2.75) is 19.4 Å². The number of fused-ring (bicyclic) bond motifs is 2. The smallest absolute Gasteiger partial charge is 0.228 e. The van der Waals surface area contributed by atoms with Crippen molar-refractivity contribution in [3.05, 3.63) is 42.5 Å². The minimum Gasteiger partial charge on any atom is -0.486 e. The molecule has 32 heavy (non-hydrogen) atoms. The van der Waals surface area contributed by atoms with E-state index in [4.69, 9.17) is 18.9 Å². The fraction of sp³-hybridized carbons (Fsp3) is 0.417. The van der Waals surface area contributed by atoms with E-state index in [9.17, 15) is 9.59 Å². The molecule has 0 unspecified atom stereocenters. The molecule has 0 bridgehead atoms. The summed E-state index contributed by atoms with van der Waals surface area (Å²) in [6, 6.07) is 13.0. The normalized spacial score (nSPS) is 21.4. The predicted molar refractivity (Wildman–Crippen MR) is 116 cm³/mol. The Morgan fingerprint density at radius 2 is 1.78 bits per heavy atom. The van der Waals surface area contributed by atoms with Crippen LogP contribution < -0.4 is 23.8 Å². The summed E-state index contributed by atoms with van der Waals surface area (Å²) in [5.74, 6) is 2.20. The fourth-order valence-corrected chi connectivity index (χ4v) is 4.35. The summed E-state index contributed by atoms with van der Waals surface area (Å²) in [6.45, 7) is 4.61. The van der Waals surface area contributed by atoms with Gasteiger partial charge in [-0.1, -0.05) is 12.1 Å². The molecular formula is C24H26N2O6. The van der Waals surface area contributed by atoms with Gasteiger partial charge >= 0.3 is 0 Å². The summed E-state index contributed by atoms with van der Waals surface area (Å²) in [5, 5.41) is 0. The van der Waals surface area contributed by atoms with Crippen molar-refractivity contribution in [1.82, 2.24) is 4.90 Å². The highest BCUT2D eigenvalue weighted by molar-refractivity contribution is 6.00. The number of benzene rings is 2. The first-order valence-electron chi connectivity index (χ1n) is 11.0. The first-order valence-corrected chi connectivity index (χ1v) is 11.0. The number of hydrogen-bond acceptors (Lipinski definition) is 6. The summed E-state index contributed by atoms with van der Waals surface area (Å²) < 4.78 is 23.0. The maximum absolute atomic E-state index is 13.3. The van der Waals surface area contributed by atoms with Gasteiger partial charge in [0, 0.05) is 31.3 Å². The van der Waals surface area contributed by atoms with Crippen LogP contribution >= 0.6 is 0 Å². The standard InChI is InChI=1S/C24H26N2O6/c1-2-25(14-18-15-31-19-5-3-4-6-21(19)32-18)24(28)16-11-23(27)26(13-16)17-7-8-20-22(12-17)30-10-9-29-20/h3-8,12,16,18H,2,9-11,13-15H2,1H3/t16-,18+/m1/s1. The molecule has 0 spiro atoms. The number of rotatable bonds is 5. The molecule has 5 rings (SSSR count). The van der Waals surface area contributed by atoms with Crippen LogP contribution in [0.2, 0.25) is 0 Å². The summed E-state index contributed by atoms with van der Waals surface area (Å²) in [4.78, 5) is 29.4. The molecule has 0 radical (unpaired) electrons. The molecule has 2 aromatic carbocycles. The van der Waals surface area contributed by atoms with Gasteiger partial charge in [0.15, 0.2) is 29.1 Å². The van der Waals surface area contributed by atoms with Gasteiger partial charge in [0.1, 0.15) is 19.8 Å². The van der Waals surface area contributed by atoms with Gasteiger partial charge < -0.3 is 28.7 Å². The average Bonchev–Trinajstić information content (AvgIpc) is 3.23. The highest BCUT2D eigenvalue weighted by Gasteiger charge is 2.38. The molecule has 3 aliphatic rings. The second-order valence-corrected chi connectivity index (χ2v) is 8.11. The zero-order valence-electron chi connectivity index (χ0n) is 18.0. The van der Waals surface area contributed by atoms with E-state index in [1.54, 1.807) is 9.80 Å². The molecule has 8 nitrogen and oxygen atoms in total. The number of para-hydroxylation sites is 2. The Labute approximate surface area is 186 Å². The largest absolute Gasteiger partial charge is 0.486 e. The van der Waals surface area contributed by atoms with Gasteiger partial charge in [-0.05, 0) is 31.2 Å². The van der Waals surface area contributed by atoms with Gasteiger partial charge in [0.2, 0.25) is 11.8 Å². The lowest BCUT2D eigenvalue weighted by atomic mass is 10.1. The third kappa shape index (κ3) is 3.92. The van der Waals surface area contributed by atoms with Crippen LogP contribution in [0.4, 0.5) is 5.69 Å². The molecule has 8 heteroatoms. The fourth-order valence-electron chi connectivity index (χ4n) is 4.35. The number of anilines is 1. The van der Waals surface area contributed by atoms with Gasteiger partial charge in [0.25, 0.3) is 0 Å². The van der Waals surface area contributed by atoms with Crippen LogP contribution in [0.15, 0.2) is 42.5 Å². The van der Waals surface area contributed by atoms with E-state index in [0.717, 1.165) is 11.4 Å². The molecule has 0 N–H and O–H groups in total. The van der Waals surface area contributed by atoms with Gasteiger partial charge in [0.05, 0.1) is 12.5 Å². The van der Waals surface area contributed by atoms with Gasteiger partial charge in [-0.25, -0.2) is 0 Å². The SMILES string of the molecule is CCN(C[C@H]1COc2ccccc2O1)C(=O)[C@@H]1CC(=O)N(c2ccc3c(c2)OCCO3)C1. The second-order valence-electron chi connectivity index (χ2n) is 8.11. The Morgan fingerprint density at radius 1 is 1.03 bits per heavy atom. The Balaban J connectivity index is 1.24. The molecule has 1 saturated heterocycles. The minimum absolute atomic E-state index is 0.0386. The number of hydrogen-bond donors (Lipinski definition) is 0. The Morgan fingerprint density at radius 3 is 2.59 bits per heavy atom. The lowest BCUT2D eigenvalue weighted by Crippen LogP contribution is -2.46. The van der Waals surface area contributed by atoms with Crippen LogP contribution in [0.25, 0.3) is 0 Å². The molecule has 2 amide bonds. The van der Waals surface area contributed by atoms with Gasteiger partial charge in [-0.2, -0.15) is 0 Å². The molecule has 168 valence electrons. The molecule has 0 saturated carbocycles. The number of carbonyl (C=O) groups excluding carboxylic acids is 2. The Kier molecular flexibility index (Phi) is 5.51. The third-order valence-corrected chi connectivity index (χ3v) is 6.00. The topological polar surface area (TPSA) is 77.5 Å². The number of likely N-dealkylation sites (N-methyl/N-ethyl adjacent to an activating group) is 1. The number of ether oxygens (including phenoxy) is 4. The first kappa shape index (κ1) is 20.5. The van der Waals surface area contributed by atoms with E-state index in [2.05, 4.69) is 0 Å². The number of nitrogens with zero attached hydrogens (tertiary/aromatic N) is 2. The zero-order chi connectivity index (χ0) is 22.1. The zero-order valence-corrected chi connectivity index (χ0v) is 18.0. The van der Waals surface area contributed by atoms with E-state index < -0.39 is 5.92 Å². The molecular weight excluding hydrogens is 412 g/mol. The molecule has 2 aromatic rings. The van der Waals surface area contributed by atoms with E-state index in [1.807, 2.05) is 49.4 Å². The van der Waals surface area contributed by atoms with Crippen molar-refractivity contribution in [3.8, 4) is 23.0 Å². The molecule has 0 aliphatic carbocycles. The van der Waals surface area contributed by atoms with Crippen LogP contribution in [-0.4, -0.2) is 62.3 Å². The van der Waals surface area contributed by atoms with E-state index >= 15 is 0 Å². The highest BCUT2D eigenvalue weighted by atomic mass is 16.6. The number of amides is 2. The summed E-state index contributed by atoms with van der Waals surface area (Å²) >= 11 is 0. The molecule has 2 atom stereocenters. The van der Waals surface area contributed by atoms with Crippen molar-refractivity contribution in [2.24, 2.45) is 5.92 Å². The summed E-state index contributed by atoms with van der Waals surface area (Å²) in [6.07, 6.45) is -0.0611. The van der Waals surface area contributed by atoms with Crippen LogP contribution in [0.1, 0.15) is 13.3 Å². The average molecular weight is 438 g/mol. The van der Waals surface area contributed by atoms with Crippen molar-refractivity contribution < 1.29 is 28.5 Å². The van der Waals surface area contributed by atoms with Crippen molar-refractivity contribution in [2.75, 3.05) is 44.4 Å². The Hall–Kier alpha value is -3.42. The van der Waals surface area contributed by atoms with E-state index in [-0.39, 0.29) is 24.3 Å². The quantitative estimate of drug-likeness (QED) is 0.714. The molecule has 0 aromatic heterocycles. The molecule has 1 fully saturated rings. The first-order chi connectivity index (χ1) is 15.6. The van der Waals surface area contributed by atoms with Gasteiger partial charge in [-0.15, -0.1) is 0 Å². The lowest BCUT2D eigenvalue weighted by molar-refractivity contribution is -0.137. The van der Waals surface area contributed by atoms with E-state index in [0.29, 0.717) is 56.7 Å². The summed E-state index contributed by atoms with van der Waals surface area (Å²) in [5.41, 5.74) is 0.721.